The van der Waals surface area contributed by atoms with Gasteiger partial charge >= 0.3 is 6.03 Å². The van der Waals surface area contributed by atoms with Crippen LogP contribution in [0, 0.1) is 5.92 Å². The maximum atomic E-state index is 12.7. The second kappa shape index (κ2) is 9.97. The quantitative estimate of drug-likeness (QED) is 0.503. The molecule has 8 heteroatoms. The van der Waals surface area contributed by atoms with Crippen molar-refractivity contribution in [1.82, 2.24) is 4.90 Å². The molecule has 1 atom stereocenters. The van der Waals surface area contributed by atoms with Crippen LogP contribution in [0.15, 0.2) is 35.5 Å². The lowest BCUT2D eigenvalue weighted by Crippen LogP contribution is -2.47. The lowest BCUT2D eigenvalue weighted by atomic mass is 9.92. The molecule has 2 aliphatic heterocycles. The van der Waals surface area contributed by atoms with Gasteiger partial charge in [-0.05, 0) is 68.1 Å². The number of nitrogens with zero attached hydrogens (tertiary/aromatic N) is 3. The summed E-state index contributed by atoms with van der Waals surface area (Å²) in [5.41, 5.74) is 1.73. The first kappa shape index (κ1) is 24.8. The summed E-state index contributed by atoms with van der Waals surface area (Å²) >= 11 is 6.25. The van der Waals surface area contributed by atoms with Crippen LogP contribution in [-0.2, 0) is 4.43 Å². The van der Waals surface area contributed by atoms with Crippen molar-refractivity contribution in [1.29, 1.82) is 0 Å². The Morgan fingerprint density at radius 1 is 1.28 bits per heavy atom. The molecule has 0 radical (unpaired) electrons. The third-order valence-corrected chi connectivity index (χ3v) is 11.8. The zero-order valence-electron chi connectivity index (χ0n) is 20.2. The second-order valence-electron chi connectivity index (χ2n) is 10.3. The van der Waals surface area contributed by atoms with E-state index in [9.17, 15) is 4.79 Å². The van der Waals surface area contributed by atoms with E-state index >= 15 is 0 Å². The highest BCUT2D eigenvalue weighted by Gasteiger charge is 2.40. The van der Waals surface area contributed by atoms with Crippen molar-refractivity contribution < 1.29 is 9.22 Å². The smallest absolute Gasteiger partial charge is 0.327 e. The van der Waals surface area contributed by atoms with Crippen LogP contribution in [0.2, 0.25) is 23.2 Å². The van der Waals surface area contributed by atoms with E-state index in [1.54, 1.807) is 18.5 Å². The molecular formula is C24H37ClN4O2Si. The maximum absolute atomic E-state index is 12.7. The number of anilines is 2. The molecule has 1 saturated heterocycles. The van der Waals surface area contributed by atoms with E-state index in [-0.39, 0.29) is 17.2 Å². The Hall–Kier alpha value is -1.83. The average molecular weight is 477 g/mol. The van der Waals surface area contributed by atoms with E-state index in [0.717, 1.165) is 37.3 Å². The van der Waals surface area contributed by atoms with Crippen molar-refractivity contribution in [3.8, 4) is 0 Å². The van der Waals surface area contributed by atoms with Crippen molar-refractivity contribution in [2.24, 2.45) is 10.9 Å². The first-order chi connectivity index (χ1) is 15.0. The number of carbonyl (C=O) groups is 1. The summed E-state index contributed by atoms with van der Waals surface area (Å²) in [5, 5.41) is 3.83. The van der Waals surface area contributed by atoms with Crippen molar-refractivity contribution in [2.75, 3.05) is 30.0 Å². The van der Waals surface area contributed by atoms with Crippen molar-refractivity contribution >= 4 is 43.5 Å². The zero-order chi connectivity index (χ0) is 23.5. The molecule has 0 aliphatic carbocycles. The minimum Gasteiger partial charge on any atom is -0.414 e. The molecule has 6 nitrogen and oxygen atoms in total. The average Bonchev–Trinajstić information content (AvgIpc) is 2.73. The van der Waals surface area contributed by atoms with Crippen LogP contribution in [0.5, 0.6) is 0 Å². The Morgan fingerprint density at radius 3 is 2.56 bits per heavy atom. The molecule has 3 rings (SSSR count). The van der Waals surface area contributed by atoms with Gasteiger partial charge in [0.25, 0.3) is 0 Å². The first-order valence-corrected chi connectivity index (χ1v) is 14.7. The number of carbonyl (C=O) groups excluding carboxylic acids is 1. The summed E-state index contributed by atoms with van der Waals surface area (Å²) < 4.78 is 6.66. The Kier molecular flexibility index (Phi) is 7.73. The van der Waals surface area contributed by atoms with Crippen LogP contribution < -0.4 is 10.2 Å². The Labute approximate surface area is 198 Å². The van der Waals surface area contributed by atoms with Gasteiger partial charge in [-0.15, -0.1) is 0 Å². The van der Waals surface area contributed by atoms with Crippen LogP contribution in [0.4, 0.5) is 16.2 Å². The van der Waals surface area contributed by atoms with Crippen LogP contribution in [0.3, 0.4) is 0 Å². The summed E-state index contributed by atoms with van der Waals surface area (Å²) in [5.74, 6) is 0.544. The molecule has 1 unspecified atom stereocenters. The molecule has 0 aromatic heterocycles. The lowest BCUT2D eigenvalue weighted by molar-refractivity contribution is 0.118. The molecule has 2 heterocycles. The summed E-state index contributed by atoms with van der Waals surface area (Å²) in [6.07, 6.45) is 7.55. The number of benzene rings is 1. The highest BCUT2D eigenvalue weighted by Crippen LogP contribution is 2.39. The minimum atomic E-state index is -1.78. The number of allylic oxidation sites excluding steroid dienone is 1. The fourth-order valence-electron chi connectivity index (χ4n) is 3.94. The predicted molar refractivity (Wildman–Crippen MR) is 137 cm³/mol. The number of nitrogens with one attached hydrogen (secondary N) is 1. The fourth-order valence-corrected chi connectivity index (χ4v) is 5.58. The van der Waals surface area contributed by atoms with Crippen LogP contribution >= 0.6 is 11.6 Å². The zero-order valence-corrected chi connectivity index (χ0v) is 21.9. The first-order valence-electron chi connectivity index (χ1n) is 11.4. The van der Waals surface area contributed by atoms with E-state index < -0.39 is 8.32 Å². The van der Waals surface area contributed by atoms with E-state index in [4.69, 9.17) is 16.0 Å². The highest BCUT2D eigenvalue weighted by atomic mass is 35.5. The minimum absolute atomic E-state index is 0.215. The second-order valence-corrected chi connectivity index (χ2v) is 15.5. The molecule has 1 aromatic carbocycles. The van der Waals surface area contributed by atoms with Crippen molar-refractivity contribution in [3.05, 3.63) is 35.5 Å². The molecule has 1 N–H and O–H groups in total. The van der Waals surface area contributed by atoms with Crippen LogP contribution in [-0.4, -0.2) is 51.3 Å². The SMILES string of the molecule is CC(O[Si](C)(C)C(C)(C)C)C1CCN(c2ccc(Cl)cc2NC(=O)N2C=CC=NC2)CC1. The van der Waals surface area contributed by atoms with Gasteiger partial charge in [-0.25, -0.2) is 4.79 Å². The Balaban J connectivity index is 1.64. The largest absolute Gasteiger partial charge is 0.414 e. The third kappa shape index (κ3) is 5.94. The topological polar surface area (TPSA) is 57.2 Å². The summed E-state index contributed by atoms with van der Waals surface area (Å²) in [4.78, 5) is 20.7. The van der Waals surface area contributed by atoms with Crippen LogP contribution in [0.25, 0.3) is 0 Å². The van der Waals surface area contributed by atoms with Gasteiger partial charge in [0.15, 0.2) is 8.32 Å². The lowest BCUT2D eigenvalue weighted by Gasteiger charge is -2.43. The van der Waals surface area contributed by atoms with Gasteiger partial charge in [0.1, 0.15) is 6.67 Å². The maximum Gasteiger partial charge on any atom is 0.327 e. The number of urea groups is 1. The van der Waals surface area contributed by atoms with Gasteiger partial charge in [-0.1, -0.05) is 32.4 Å². The molecule has 2 aliphatic rings. The monoisotopic (exact) mass is 476 g/mol. The molecular weight excluding hydrogens is 440 g/mol. The van der Waals surface area contributed by atoms with Gasteiger partial charge in [-0.3, -0.25) is 9.89 Å². The predicted octanol–water partition coefficient (Wildman–Crippen LogP) is 6.36. The molecule has 176 valence electrons. The van der Waals surface area contributed by atoms with Gasteiger partial charge in [-0.2, -0.15) is 0 Å². The molecule has 0 spiro atoms. The Bertz CT molecular complexity index is 873. The molecule has 1 aromatic rings. The van der Waals surface area contributed by atoms with Crippen molar-refractivity contribution in [3.63, 3.8) is 0 Å². The molecule has 1 fully saturated rings. The molecule has 0 saturated carbocycles. The highest BCUT2D eigenvalue weighted by molar-refractivity contribution is 6.74. The number of halogens is 1. The van der Waals surface area contributed by atoms with Gasteiger partial charge in [0, 0.05) is 36.6 Å². The van der Waals surface area contributed by atoms with Gasteiger partial charge < -0.3 is 14.6 Å². The van der Waals surface area contributed by atoms with Crippen LogP contribution in [0.1, 0.15) is 40.5 Å². The number of aliphatic imine (C=N–C) groups is 1. The number of hydrogen-bond donors (Lipinski definition) is 1. The van der Waals surface area contributed by atoms with E-state index in [1.807, 2.05) is 18.2 Å². The third-order valence-electron chi connectivity index (χ3n) is 6.98. The van der Waals surface area contributed by atoms with Gasteiger partial charge in [0.05, 0.1) is 11.4 Å². The van der Waals surface area contributed by atoms with Crippen molar-refractivity contribution in [2.45, 2.75) is 64.8 Å². The summed E-state index contributed by atoms with van der Waals surface area (Å²) in [7, 11) is -1.78. The van der Waals surface area contributed by atoms with E-state index in [2.05, 4.69) is 56.0 Å². The fraction of sp³-hybridized carbons (Fsp3) is 0.583. The van der Waals surface area contributed by atoms with E-state index in [1.165, 1.54) is 4.90 Å². The number of rotatable bonds is 5. The molecule has 0 bridgehead atoms. The standard InChI is InChI=1S/C24H37ClN4O2Si/c1-18(31-32(5,6)24(2,3)4)19-10-14-28(15-11-19)22-9-8-20(25)16-21(22)27-23(30)29-13-7-12-26-17-29/h7-9,12-13,16,18-19H,10-11,14-15,17H2,1-6H3,(H,27,30). The summed E-state index contributed by atoms with van der Waals surface area (Å²) in [6, 6.07) is 5.49. The Morgan fingerprint density at radius 2 is 1.97 bits per heavy atom. The van der Waals surface area contributed by atoms with E-state index in [0.29, 0.717) is 17.6 Å². The number of piperidine rings is 1. The number of amides is 2. The van der Waals surface area contributed by atoms with Gasteiger partial charge in [0.2, 0.25) is 0 Å². The summed E-state index contributed by atoms with van der Waals surface area (Å²) in [6.45, 7) is 15.9. The normalized spacial score (nSPS) is 18.7. The molecule has 2 amide bonds. The molecule has 32 heavy (non-hydrogen) atoms. The number of hydrogen-bond acceptors (Lipinski definition) is 4.